The van der Waals surface area contributed by atoms with Crippen LogP contribution in [-0.2, 0) is 0 Å². The predicted molar refractivity (Wildman–Crippen MR) is 79.3 cm³/mol. The zero-order valence-corrected chi connectivity index (χ0v) is 11.6. The Hall–Kier alpha value is -2.12. The van der Waals surface area contributed by atoms with Gasteiger partial charge in [0, 0.05) is 25.5 Å². The maximum atomic E-state index is 5.43. The van der Waals surface area contributed by atoms with Crippen LogP contribution in [0.5, 0.6) is 0 Å². The van der Waals surface area contributed by atoms with Gasteiger partial charge in [0.15, 0.2) is 0 Å². The number of rotatable bonds is 4. The lowest BCUT2D eigenvalue weighted by molar-refractivity contribution is 0.416. The van der Waals surface area contributed by atoms with E-state index in [-0.39, 0.29) is 0 Å². The summed E-state index contributed by atoms with van der Waals surface area (Å²) in [5, 5.41) is 1.03. The fourth-order valence-corrected chi connectivity index (χ4v) is 1.87. The Morgan fingerprint density at radius 2 is 1.84 bits per heavy atom. The highest BCUT2D eigenvalue weighted by Crippen LogP contribution is 2.22. The molecule has 2 rings (SSSR count). The van der Waals surface area contributed by atoms with Crippen LogP contribution in [0.1, 0.15) is 5.82 Å². The van der Waals surface area contributed by atoms with Gasteiger partial charge in [-0.05, 0) is 32.1 Å². The Morgan fingerprint density at radius 3 is 2.53 bits per heavy atom. The lowest BCUT2D eigenvalue weighted by Crippen LogP contribution is -2.29. The maximum absolute atomic E-state index is 5.43. The lowest BCUT2D eigenvalue weighted by Gasteiger charge is -2.21. The first-order valence-corrected chi connectivity index (χ1v) is 6.21. The molecule has 0 fully saturated rings. The number of fused-ring (bicyclic) bond motifs is 1. The molecule has 0 spiro atoms. The number of hydrogen-bond acceptors (Lipinski definition) is 4. The molecule has 4 nitrogen and oxygen atoms in total. The Balaban J connectivity index is 2.43. The normalized spacial score (nSPS) is 10.7. The minimum atomic E-state index is 0.436. The minimum absolute atomic E-state index is 0.436. The van der Waals surface area contributed by atoms with Crippen molar-refractivity contribution in [2.75, 3.05) is 39.1 Å². The van der Waals surface area contributed by atoms with E-state index in [0.29, 0.717) is 5.82 Å². The van der Waals surface area contributed by atoms with Gasteiger partial charge in [0.25, 0.3) is 0 Å². The van der Waals surface area contributed by atoms with E-state index in [4.69, 9.17) is 6.42 Å². The average molecular weight is 254 g/mol. The molecule has 1 heterocycles. The minimum Gasteiger partial charge on any atom is -0.358 e. The van der Waals surface area contributed by atoms with Crippen LogP contribution in [-0.4, -0.2) is 49.1 Å². The van der Waals surface area contributed by atoms with E-state index in [0.717, 1.165) is 29.8 Å². The van der Waals surface area contributed by atoms with E-state index in [2.05, 4.69) is 39.8 Å². The van der Waals surface area contributed by atoms with Gasteiger partial charge in [0.2, 0.25) is 5.82 Å². The fraction of sp³-hybridized carbons (Fsp3) is 0.333. The molecule has 0 bridgehead atoms. The average Bonchev–Trinajstić information content (AvgIpc) is 2.43. The van der Waals surface area contributed by atoms with Crippen molar-refractivity contribution in [1.82, 2.24) is 14.9 Å². The number of anilines is 1. The van der Waals surface area contributed by atoms with Crippen LogP contribution < -0.4 is 4.90 Å². The summed E-state index contributed by atoms with van der Waals surface area (Å²) in [6.07, 6.45) is 5.43. The Kier molecular flexibility index (Phi) is 3.98. The second kappa shape index (κ2) is 5.68. The molecule has 0 saturated heterocycles. The van der Waals surface area contributed by atoms with E-state index >= 15 is 0 Å². The standard InChI is InChI=1S/C15H18N4/c1-5-14-16-13-9-7-6-8-12(13)15(17-14)19(4)11-10-18(2)3/h1,6-9H,10-11H2,2-4H3. The number of hydrogen-bond donors (Lipinski definition) is 0. The Labute approximate surface area is 114 Å². The first-order chi connectivity index (χ1) is 9.11. The van der Waals surface area contributed by atoms with Gasteiger partial charge in [-0.15, -0.1) is 6.42 Å². The van der Waals surface area contributed by atoms with Gasteiger partial charge in [-0.25, -0.2) is 9.97 Å². The van der Waals surface area contributed by atoms with Crippen molar-refractivity contribution >= 4 is 16.7 Å². The molecular formula is C15H18N4. The quantitative estimate of drug-likeness (QED) is 0.776. The molecule has 98 valence electrons. The van der Waals surface area contributed by atoms with Crippen LogP contribution in [0.25, 0.3) is 10.9 Å². The van der Waals surface area contributed by atoms with E-state index in [1.165, 1.54) is 0 Å². The number of terminal acetylenes is 1. The monoisotopic (exact) mass is 254 g/mol. The summed E-state index contributed by atoms with van der Waals surface area (Å²) in [5.41, 5.74) is 0.886. The van der Waals surface area contributed by atoms with Crippen LogP contribution in [0, 0.1) is 12.3 Å². The molecular weight excluding hydrogens is 236 g/mol. The van der Waals surface area contributed by atoms with E-state index in [1.54, 1.807) is 0 Å². The number of aromatic nitrogens is 2. The van der Waals surface area contributed by atoms with Crippen LogP contribution in [0.15, 0.2) is 24.3 Å². The zero-order valence-electron chi connectivity index (χ0n) is 11.6. The molecule has 0 amide bonds. The van der Waals surface area contributed by atoms with Gasteiger partial charge in [-0.2, -0.15) is 0 Å². The summed E-state index contributed by atoms with van der Waals surface area (Å²) in [6.45, 7) is 1.85. The molecule has 2 aromatic rings. The second-order valence-corrected chi connectivity index (χ2v) is 4.76. The summed E-state index contributed by atoms with van der Waals surface area (Å²) in [4.78, 5) is 13.1. The molecule has 0 aliphatic rings. The molecule has 0 atom stereocenters. The first-order valence-electron chi connectivity index (χ1n) is 6.21. The summed E-state index contributed by atoms with van der Waals surface area (Å²) in [7, 11) is 6.14. The third-order valence-electron chi connectivity index (χ3n) is 2.96. The SMILES string of the molecule is C#Cc1nc(N(C)CCN(C)C)c2ccccc2n1. The number of nitrogens with zero attached hydrogens (tertiary/aromatic N) is 4. The largest absolute Gasteiger partial charge is 0.358 e. The van der Waals surface area contributed by atoms with Crippen molar-refractivity contribution in [3.63, 3.8) is 0 Å². The molecule has 0 aliphatic heterocycles. The molecule has 0 radical (unpaired) electrons. The smallest absolute Gasteiger partial charge is 0.207 e. The molecule has 0 unspecified atom stereocenters. The van der Waals surface area contributed by atoms with Crippen molar-refractivity contribution in [2.24, 2.45) is 0 Å². The second-order valence-electron chi connectivity index (χ2n) is 4.76. The molecule has 1 aromatic heterocycles. The van der Waals surface area contributed by atoms with E-state index in [9.17, 15) is 0 Å². The Morgan fingerprint density at radius 1 is 1.11 bits per heavy atom. The van der Waals surface area contributed by atoms with Crippen molar-refractivity contribution in [3.8, 4) is 12.3 Å². The van der Waals surface area contributed by atoms with E-state index in [1.807, 2.05) is 31.3 Å². The van der Waals surface area contributed by atoms with Crippen LogP contribution in [0.3, 0.4) is 0 Å². The zero-order chi connectivity index (χ0) is 13.8. The summed E-state index contributed by atoms with van der Waals surface area (Å²) in [5.74, 6) is 3.84. The lowest BCUT2D eigenvalue weighted by atomic mass is 10.2. The number of benzene rings is 1. The molecule has 0 N–H and O–H groups in total. The molecule has 0 aliphatic carbocycles. The highest BCUT2D eigenvalue weighted by atomic mass is 15.2. The topological polar surface area (TPSA) is 32.3 Å². The fourth-order valence-electron chi connectivity index (χ4n) is 1.87. The van der Waals surface area contributed by atoms with Crippen molar-refractivity contribution in [2.45, 2.75) is 0 Å². The van der Waals surface area contributed by atoms with Crippen molar-refractivity contribution in [1.29, 1.82) is 0 Å². The summed E-state index contributed by atoms with van der Waals surface area (Å²) < 4.78 is 0. The third kappa shape index (κ3) is 3.01. The van der Waals surface area contributed by atoms with Crippen LogP contribution in [0.4, 0.5) is 5.82 Å². The number of likely N-dealkylation sites (N-methyl/N-ethyl adjacent to an activating group) is 2. The predicted octanol–water partition coefficient (Wildman–Crippen LogP) is 1.61. The third-order valence-corrected chi connectivity index (χ3v) is 2.96. The molecule has 1 aromatic carbocycles. The maximum Gasteiger partial charge on any atom is 0.207 e. The first kappa shape index (κ1) is 13.3. The van der Waals surface area contributed by atoms with Crippen LogP contribution in [0.2, 0.25) is 0 Å². The molecule has 19 heavy (non-hydrogen) atoms. The molecule has 0 saturated carbocycles. The van der Waals surface area contributed by atoms with Gasteiger partial charge in [0.1, 0.15) is 5.82 Å². The Bertz CT molecular complexity index is 613. The van der Waals surface area contributed by atoms with Crippen molar-refractivity contribution in [3.05, 3.63) is 30.1 Å². The van der Waals surface area contributed by atoms with Gasteiger partial charge in [-0.3, -0.25) is 0 Å². The summed E-state index contributed by atoms with van der Waals surface area (Å²) in [6, 6.07) is 7.93. The van der Waals surface area contributed by atoms with Crippen LogP contribution >= 0.6 is 0 Å². The van der Waals surface area contributed by atoms with Gasteiger partial charge >= 0.3 is 0 Å². The van der Waals surface area contributed by atoms with Gasteiger partial charge in [0.05, 0.1) is 5.52 Å². The highest BCUT2D eigenvalue weighted by molar-refractivity contribution is 5.89. The molecule has 4 heteroatoms. The van der Waals surface area contributed by atoms with Gasteiger partial charge in [-0.1, -0.05) is 12.1 Å². The van der Waals surface area contributed by atoms with E-state index < -0.39 is 0 Å². The number of para-hydroxylation sites is 1. The van der Waals surface area contributed by atoms with Gasteiger partial charge < -0.3 is 9.80 Å². The summed E-state index contributed by atoms with van der Waals surface area (Å²) >= 11 is 0. The highest BCUT2D eigenvalue weighted by Gasteiger charge is 2.10. The van der Waals surface area contributed by atoms with Crippen molar-refractivity contribution < 1.29 is 0 Å².